The highest BCUT2D eigenvalue weighted by Crippen LogP contribution is 2.31. The molecule has 0 N–H and O–H groups in total. The third-order valence-electron chi connectivity index (χ3n) is 4.67. The van der Waals surface area contributed by atoms with Crippen molar-refractivity contribution < 1.29 is 9.53 Å². The molecule has 0 spiro atoms. The molecule has 132 valence electrons. The van der Waals surface area contributed by atoms with Crippen LogP contribution in [-0.4, -0.2) is 56.3 Å². The summed E-state index contributed by atoms with van der Waals surface area (Å²) in [5.74, 6) is 0.465. The van der Waals surface area contributed by atoms with Crippen molar-refractivity contribution >= 4 is 33.1 Å². The molecule has 4 rings (SSSR count). The van der Waals surface area contributed by atoms with Crippen LogP contribution < -0.4 is 5.69 Å². The Balaban J connectivity index is 1.81. The van der Waals surface area contributed by atoms with Crippen molar-refractivity contribution in [2.24, 2.45) is 0 Å². The zero-order chi connectivity index (χ0) is 17.7. The molecule has 0 unspecified atom stereocenters. The molecule has 8 nitrogen and oxygen atoms in total. The summed E-state index contributed by atoms with van der Waals surface area (Å²) in [6.45, 7) is 7.92. The second-order valence-corrected chi connectivity index (χ2v) is 7.42. The van der Waals surface area contributed by atoms with Gasteiger partial charge in [0.2, 0.25) is 5.91 Å². The maximum absolute atomic E-state index is 12.8. The number of aromatic nitrogens is 4. The Labute approximate surface area is 147 Å². The molecular weight excluding hydrogens is 342 g/mol. The van der Waals surface area contributed by atoms with E-state index in [2.05, 4.69) is 10.1 Å². The molecule has 0 bridgehead atoms. The average Bonchev–Trinajstić information content (AvgIpc) is 3.06. The van der Waals surface area contributed by atoms with E-state index in [1.807, 2.05) is 13.8 Å². The molecule has 0 radical (unpaired) electrons. The van der Waals surface area contributed by atoms with Gasteiger partial charge in [-0.05, 0) is 26.3 Å². The van der Waals surface area contributed by atoms with Crippen LogP contribution in [0.2, 0.25) is 0 Å². The Kier molecular flexibility index (Phi) is 3.84. The highest BCUT2D eigenvalue weighted by molar-refractivity contribution is 7.18. The minimum Gasteiger partial charge on any atom is -0.378 e. The smallest absolute Gasteiger partial charge is 0.352 e. The maximum Gasteiger partial charge on any atom is 0.352 e. The topological polar surface area (TPSA) is 81.7 Å². The summed E-state index contributed by atoms with van der Waals surface area (Å²) in [5.41, 5.74) is 1.32. The summed E-state index contributed by atoms with van der Waals surface area (Å²) in [5, 5.41) is 5.36. The number of rotatable bonds is 2. The number of morpholine rings is 1. The summed E-state index contributed by atoms with van der Waals surface area (Å²) in [6, 6.07) is 0. The molecule has 0 atom stereocenters. The lowest BCUT2D eigenvalue weighted by molar-refractivity contribution is -0.136. The first-order valence-corrected chi connectivity index (χ1v) is 9.00. The first kappa shape index (κ1) is 16.2. The van der Waals surface area contributed by atoms with Crippen molar-refractivity contribution in [1.82, 2.24) is 24.1 Å². The summed E-state index contributed by atoms with van der Waals surface area (Å²) >= 11 is 1.59. The first-order chi connectivity index (χ1) is 12.0. The van der Waals surface area contributed by atoms with Gasteiger partial charge in [-0.2, -0.15) is 0 Å². The van der Waals surface area contributed by atoms with Crippen LogP contribution in [0.4, 0.5) is 0 Å². The van der Waals surface area contributed by atoms with Crippen LogP contribution in [0.3, 0.4) is 0 Å². The van der Waals surface area contributed by atoms with Gasteiger partial charge in [0.1, 0.15) is 17.2 Å². The molecule has 0 aliphatic carbocycles. The molecular formula is C16H19N5O3S. The van der Waals surface area contributed by atoms with Crippen molar-refractivity contribution in [2.75, 3.05) is 26.3 Å². The number of aryl methyl sites for hydroxylation is 3. The summed E-state index contributed by atoms with van der Waals surface area (Å²) in [6.07, 6.45) is 0. The minimum absolute atomic E-state index is 0.0659. The van der Waals surface area contributed by atoms with Crippen molar-refractivity contribution in [1.29, 1.82) is 0 Å². The fourth-order valence-corrected chi connectivity index (χ4v) is 4.22. The van der Waals surface area contributed by atoms with Gasteiger partial charge < -0.3 is 9.64 Å². The minimum atomic E-state index is -0.327. The predicted octanol–water partition coefficient (Wildman–Crippen LogP) is 0.890. The van der Waals surface area contributed by atoms with Crippen molar-refractivity contribution in [3.05, 3.63) is 26.7 Å². The third-order valence-corrected chi connectivity index (χ3v) is 5.77. The number of hydrogen-bond donors (Lipinski definition) is 0. The van der Waals surface area contributed by atoms with Gasteiger partial charge in [0.15, 0.2) is 5.65 Å². The number of carbonyl (C=O) groups excluding carboxylic acids is 1. The van der Waals surface area contributed by atoms with Crippen LogP contribution in [-0.2, 0) is 16.1 Å². The molecule has 0 aromatic carbocycles. The van der Waals surface area contributed by atoms with Crippen LogP contribution in [0, 0.1) is 20.8 Å². The van der Waals surface area contributed by atoms with E-state index in [4.69, 9.17) is 4.74 Å². The average molecular weight is 361 g/mol. The van der Waals surface area contributed by atoms with Gasteiger partial charge in [-0.15, -0.1) is 16.4 Å². The molecule has 1 saturated heterocycles. The second kappa shape index (κ2) is 5.92. The predicted molar refractivity (Wildman–Crippen MR) is 94.2 cm³/mol. The molecule has 25 heavy (non-hydrogen) atoms. The van der Waals surface area contributed by atoms with Gasteiger partial charge in [-0.25, -0.2) is 18.9 Å². The van der Waals surface area contributed by atoms with E-state index in [1.54, 1.807) is 23.2 Å². The van der Waals surface area contributed by atoms with E-state index in [0.717, 1.165) is 20.7 Å². The number of hydrogen-bond acceptors (Lipinski definition) is 6. The molecule has 9 heteroatoms. The van der Waals surface area contributed by atoms with Gasteiger partial charge in [-0.3, -0.25) is 4.79 Å². The largest absolute Gasteiger partial charge is 0.378 e. The monoisotopic (exact) mass is 361 g/mol. The van der Waals surface area contributed by atoms with Crippen molar-refractivity contribution in [3.8, 4) is 0 Å². The molecule has 0 saturated carbocycles. The highest BCUT2D eigenvalue weighted by Gasteiger charge is 2.22. The Morgan fingerprint density at radius 1 is 1.24 bits per heavy atom. The highest BCUT2D eigenvalue weighted by atomic mass is 32.1. The van der Waals surface area contributed by atoms with Gasteiger partial charge in [0, 0.05) is 18.0 Å². The van der Waals surface area contributed by atoms with E-state index in [9.17, 15) is 9.59 Å². The fraction of sp³-hybridized carbons (Fsp3) is 0.500. The number of nitrogens with zero attached hydrogens (tertiary/aromatic N) is 5. The Morgan fingerprint density at radius 3 is 2.68 bits per heavy atom. The quantitative estimate of drug-likeness (QED) is 0.677. The third kappa shape index (κ3) is 2.54. The van der Waals surface area contributed by atoms with Crippen LogP contribution in [0.25, 0.3) is 15.9 Å². The molecule has 3 aromatic rings. The van der Waals surface area contributed by atoms with Crippen LogP contribution in [0.5, 0.6) is 0 Å². The molecule has 1 amide bonds. The second-order valence-electron chi connectivity index (χ2n) is 6.21. The molecule has 1 fully saturated rings. The van der Waals surface area contributed by atoms with Gasteiger partial charge in [0.25, 0.3) is 0 Å². The number of fused-ring (bicyclic) bond motifs is 3. The van der Waals surface area contributed by atoms with Crippen LogP contribution in [0.15, 0.2) is 4.79 Å². The SMILES string of the molecule is Cc1sc2nc(C)n3c(=O)n(CC(=O)N4CCOCC4)nc3c2c1C. The van der Waals surface area contributed by atoms with Crippen molar-refractivity contribution in [2.45, 2.75) is 27.3 Å². The summed E-state index contributed by atoms with van der Waals surface area (Å²) in [4.78, 5) is 33.5. The van der Waals surface area contributed by atoms with Crippen LogP contribution >= 0.6 is 11.3 Å². The van der Waals surface area contributed by atoms with E-state index in [-0.39, 0.29) is 18.1 Å². The molecule has 3 aromatic heterocycles. The van der Waals surface area contributed by atoms with Gasteiger partial charge >= 0.3 is 5.69 Å². The summed E-state index contributed by atoms with van der Waals surface area (Å²) < 4.78 is 8.00. The van der Waals surface area contributed by atoms with Gasteiger partial charge in [-0.1, -0.05) is 0 Å². The van der Waals surface area contributed by atoms with E-state index >= 15 is 0 Å². The van der Waals surface area contributed by atoms with E-state index in [1.165, 1.54) is 9.08 Å². The van der Waals surface area contributed by atoms with Gasteiger partial charge in [0.05, 0.1) is 18.6 Å². The lowest BCUT2D eigenvalue weighted by Crippen LogP contribution is -2.43. The Bertz CT molecular complexity index is 1040. The lowest BCUT2D eigenvalue weighted by atomic mass is 10.2. The van der Waals surface area contributed by atoms with E-state index < -0.39 is 0 Å². The zero-order valence-electron chi connectivity index (χ0n) is 14.4. The Morgan fingerprint density at radius 2 is 1.96 bits per heavy atom. The maximum atomic E-state index is 12.8. The standard InChI is InChI=1S/C16H19N5O3S/c1-9-10(2)25-15-13(9)14-18-20(16(23)21(14)11(3)17-15)8-12(22)19-4-6-24-7-5-19/h4-8H2,1-3H3. The number of ether oxygens (including phenoxy) is 1. The van der Waals surface area contributed by atoms with Crippen molar-refractivity contribution in [3.63, 3.8) is 0 Å². The molecule has 4 heterocycles. The van der Waals surface area contributed by atoms with E-state index in [0.29, 0.717) is 37.8 Å². The zero-order valence-corrected chi connectivity index (χ0v) is 15.2. The number of thiophene rings is 1. The summed E-state index contributed by atoms with van der Waals surface area (Å²) in [7, 11) is 0. The number of amides is 1. The first-order valence-electron chi connectivity index (χ1n) is 8.18. The molecule has 1 aliphatic heterocycles. The number of carbonyl (C=O) groups is 1. The lowest BCUT2D eigenvalue weighted by Gasteiger charge is -2.26. The normalized spacial score (nSPS) is 15.4. The molecule has 1 aliphatic rings. The fourth-order valence-electron chi connectivity index (χ4n) is 3.15. The Hall–Kier alpha value is -2.26. The van der Waals surface area contributed by atoms with Crippen LogP contribution in [0.1, 0.15) is 16.3 Å².